The molecule has 4 rings (SSSR count). The van der Waals surface area contributed by atoms with E-state index in [0.717, 1.165) is 10.4 Å². The summed E-state index contributed by atoms with van der Waals surface area (Å²) in [4.78, 5) is 17.6. The van der Waals surface area contributed by atoms with Crippen LogP contribution < -0.4 is 10.6 Å². The number of aromatic nitrogens is 1. The molecule has 0 radical (unpaired) electrons. The van der Waals surface area contributed by atoms with E-state index in [-0.39, 0.29) is 22.5 Å². The van der Waals surface area contributed by atoms with Gasteiger partial charge in [0.15, 0.2) is 10.7 Å². The van der Waals surface area contributed by atoms with Gasteiger partial charge in [-0.3, -0.25) is 4.79 Å². The first kappa shape index (κ1) is 24.1. The van der Waals surface area contributed by atoms with Crippen LogP contribution in [0.5, 0.6) is 5.75 Å². The number of thioether (sulfide) groups is 1. The summed E-state index contributed by atoms with van der Waals surface area (Å²) in [5, 5.41) is 16.9. The zero-order valence-electron chi connectivity index (χ0n) is 18.5. The number of nitrogens with one attached hydrogen (secondary N) is 2. The molecule has 1 heterocycles. The molecule has 0 spiro atoms. The quantitative estimate of drug-likeness (QED) is 0.199. The Balaban J connectivity index is 1.38. The zero-order valence-corrected chi connectivity index (χ0v) is 20.9. The second-order valence-electron chi connectivity index (χ2n) is 7.88. The van der Waals surface area contributed by atoms with E-state index in [9.17, 15) is 9.90 Å². The summed E-state index contributed by atoms with van der Waals surface area (Å²) in [6.45, 7) is 4.23. The van der Waals surface area contributed by atoms with Crippen LogP contribution in [0.1, 0.15) is 25.3 Å². The molecule has 1 aromatic heterocycles. The van der Waals surface area contributed by atoms with Crippen molar-refractivity contribution in [2.24, 2.45) is 0 Å². The maximum Gasteiger partial charge on any atom is 0.236 e. The van der Waals surface area contributed by atoms with E-state index in [0.29, 0.717) is 33.7 Å². The van der Waals surface area contributed by atoms with Crippen LogP contribution in [0.4, 0.5) is 5.69 Å². The number of rotatable bonds is 6. The Bertz CT molecular complexity index is 1350. The van der Waals surface area contributed by atoms with Gasteiger partial charge < -0.3 is 20.2 Å². The number of benzene rings is 3. The first-order chi connectivity index (χ1) is 16.3. The fraction of sp³-hybridized carbons (Fsp3) is 0.160. The third-order valence-electron chi connectivity index (χ3n) is 5.00. The Morgan fingerprint density at radius 3 is 2.62 bits per heavy atom. The Labute approximate surface area is 211 Å². The molecule has 3 aromatic carbocycles. The number of hydrogen-bond acceptors (Lipinski definition) is 6. The van der Waals surface area contributed by atoms with E-state index >= 15 is 0 Å². The highest BCUT2D eigenvalue weighted by Crippen LogP contribution is 2.33. The molecular formula is C25H22ClN3O3S2. The molecule has 0 saturated heterocycles. The number of thiocarbonyl (C=S) groups is 1. The molecule has 4 aromatic rings. The van der Waals surface area contributed by atoms with Crippen molar-refractivity contribution in [2.75, 3.05) is 11.1 Å². The zero-order chi connectivity index (χ0) is 24.2. The lowest BCUT2D eigenvalue weighted by atomic mass is 10.0. The number of aromatic hydroxyl groups is 1. The number of amides is 1. The van der Waals surface area contributed by atoms with Gasteiger partial charge in [-0.2, -0.15) is 0 Å². The van der Waals surface area contributed by atoms with Crippen molar-refractivity contribution < 1.29 is 14.3 Å². The van der Waals surface area contributed by atoms with E-state index in [4.69, 9.17) is 28.2 Å². The predicted molar refractivity (Wildman–Crippen MR) is 142 cm³/mol. The average molecular weight is 512 g/mol. The third kappa shape index (κ3) is 5.88. The molecule has 0 saturated carbocycles. The minimum atomic E-state index is -0.245. The first-order valence-electron chi connectivity index (χ1n) is 10.5. The summed E-state index contributed by atoms with van der Waals surface area (Å²) in [6.07, 6.45) is 0. The van der Waals surface area contributed by atoms with Gasteiger partial charge in [-0.05, 0) is 72.2 Å². The SMILES string of the molecule is CC(C)c1ccc2oc(-c3ccc(NC(=S)NC(=O)CSc4ccc(Cl)cc4)cc3O)nc2c1. The molecule has 0 unspecified atom stereocenters. The van der Waals surface area contributed by atoms with Gasteiger partial charge in [-0.1, -0.05) is 31.5 Å². The smallest absolute Gasteiger partial charge is 0.236 e. The monoisotopic (exact) mass is 511 g/mol. The topological polar surface area (TPSA) is 87.4 Å². The van der Waals surface area contributed by atoms with Crippen molar-refractivity contribution in [3.8, 4) is 17.2 Å². The molecule has 0 aliphatic carbocycles. The van der Waals surface area contributed by atoms with Crippen molar-refractivity contribution in [3.05, 3.63) is 71.2 Å². The first-order valence-corrected chi connectivity index (χ1v) is 12.3. The average Bonchev–Trinajstić information content (AvgIpc) is 3.21. The van der Waals surface area contributed by atoms with Crippen LogP contribution in [0.2, 0.25) is 5.02 Å². The van der Waals surface area contributed by atoms with Crippen LogP contribution in [0, 0.1) is 0 Å². The van der Waals surface area contributed by atoms with Crippen LogP contribution in [0.15, 0.2) is 70.0 Å². The van der Waals surface area contributed by atoms with Crippen molar-refractivity contribution in [1.29, 1.82) is 0 Å². The summed E-state index contributed by atoms with van der Waals surface area (Å²) in [5.74, 6) is 0.640. The Morgan fingerprint density at radius 1 is 1.15 bits per heavy atom. The molecule has 0 aliphatic rings. The van der Waals surface area contributed by atoms with Crippen LogP contribution >= 0.6 is 35.6 Å². The predicted octanol–water partition coefficient (Wildman–Crippen LogP) is 6.58. The number of phenols is 1. The van der Waals surface area contributed by atoms with E-state index in [1.807, 2.05) is 30.3 Å². The lowest BCUT2D eigenvalue weighted by Crippen LogP contribution is -2.35. The van der Waals surface area contributed by atoms with Crippen molar-refractivity contribution in [1.82, 2.24) is 10.3 Å². The van der Waals surface area contributed by atoms with Crippen LogP contribution in [-0.4, -0.2) is 26.9 Å². The van der Waals surface area contributed by atoms with Gasteiger partial charge in [0, 0.05) is 21.7 Å². The highest BCUT2D eigenvalue weighted by atomic mass is 35.5. The number of anilines is 1. The van der Waals surface area contributed by atoms with Gasteiger partial charge in [0.1, 0.15) is 11.3 Å². The minimum absolute atomic E-state index is 0.0203. The van der Waals surface area contributed by atoms with Crippen LogP contribution in [-0.2, 0) is 4.79 Å². The number of hydrogen-bond donors (Lipinski definition) is 3. The molecule has 34 heavy (non-hydrogen) atoms. The van der Waals surface area contributed by atoms with Gasteiger partial charge in [0.2, 0.25) is 11.8 Å². The molecule has 0 atom stereocenters. The normalized spacial score (nSPS) is 11.1. The molecular weight excluding hydrogens is 490 g/mol. The molecule has 3 N–H and O–H groups in total. The number of carbonyl (C=O) groups excluding carboxylic acids is 1. The standard InChI is InChI=1S/C25H22ClN3O3S2/c1-14(2)15-3-10-22-20(11-15)28-24(32-22)19-9-6-17(12-21(19)30)27-25(33)29-23(31)13-34-18-7-4-16(26)5-8-18/h3-12,14,30H,13H2,1-2H3,(H2,27,29,31,33). The lowest BCUT2D eigenvalue weighted by molar-refractivity contribution is -0.117. The molecule has 6 nitrogen and oxygen atoms in total. The van der Waals surface area contributed by atoms with E-state index in [1.165, 1.54) is 23.4 Å². The van der Waals surface area contributed by atoms with Gasteiger partial charge >= 0.3 is 0 Å². The molecule has 9 heteroatoms. The molecule has 0 fully saturated rings. The van der Waals surface area contributed by atoms with Gasteiger partial charge in [0.25, 0.3) is 0 Å². The highest BCUT2D eigenvalue weighted by molar-refractivity contribution is 8.00. The fourth-order valence-corrected chi connectivity index (χ4v) is 4.27. The summed E-state index contributed by atoms with van der Waals surface area (Å²) >= 11 is 12.5. The maximum atomic E-state index is 12.2. The highest BCUT2D eigenvalue weighted by Gasteiger charge is 2.14. The summed E-state index contributed by atoms with van der Waals surface area (Å²) in [5.41, 5.74) is 3.54. The van der Waals surface area contributed by atoms with Gasteiger partial charge in [-0.25, -0.2) is 4.98 Å². The second kappa shape index (κ2) is 10.5. The van der Waals surface area contributed by atoms with Crippen LogP contribution in [0.3, 0.4) is 0 Å². The summed E-state index contributed by atoms with van der Waals surface area (Å²) < 4.78 is 5.83. The lowest BCUT2D eigenvalue weighted by Gasteiger charge is -2.10. The largest absolute Gasteiger partial charge is 0.507 e. The van der Waals surface area contributed by atoms with E-state index in [1.54, 1.807) is 24.3 Å². The van der Waals surface area contributed by atoms with Crippen molar-refractivity contribution >= 4 is 63.4 Å². The van der Waals surface area contributed by atoms with Gasteiger partial charge in [-0.15, -0.1) is 11.8 Å². The van der Waals surface area contributed by atoms with E-state index < -0.39 is 0 Å². The fourth-order valence-electron chi connectivity index (χ4n) is 3.21. The van der Waals surface area contributed by atoms with Crippen molar-refractivity contribution in [3.63, 3.8) is 0 Å². The van der Waals surface area contributed by atoms with Crippen LogP contribution in [0.25, 0.3) is 22.6 Å². The number of oxazole rings is 1. The third-order valence-corrected chi connectivity index (χ3v) is 6.47. The number of phenolic OH excluding ortho intramolecular Hbond substituents is 1. The summed E-state index contributed by atoms with van der Waals surface area (Å²) in [6, 6.07) is 18.1. The van der Waals surface area contributed by atoms with Crippen molar-refractivity contribution in [2.45, 2.75) is 24.7 Å². The maximum absolute atomic E-state index is 12.2. The Kier molecular flexibility index (Phi) is 7.41. The Morgan fingerprint density at radius 2 is 1.91 bits per heavy atom. The van der Waals surface area contributed by atoms with Gasteiger partial charge in [0.05, 0.1) is 11.3 Å². The minimum Gasteiger partial charge on any atom is -0.507 e. The summed E-state index contributed by atoms with van der Waals surface area (Å²) in [7, 11) is 0. The number of carbonyl (C=O) groups is 1. The number of nitrogens with zero attached hydrogens (tertiary/aromatic N) is 1. The van der Waals surface area contributed by atoms with E-state index in [2.05, 4.69) is 29.5 Å². The second-order valence-corrected chi connectivity index (χ2v) is 9.77. The number of fused-ring (bicyclic) bond motifs is 1. The molecule has 1 amide bonds. The Hall–Kier alpha value is -3.07. The molecule has 0 aliphatic heterocycles. The molecule has 0 bridgehead atoms. The molecule has 174 valence electrons. The number of halogens is 1.